The summed E-state index contributed by atoms with van der Waals surface area (Å²) in [6, 6.07) is 0. The second kappa shape index (κ2) is 7.42. The standard InChI is InChI=1S/C25H32O6/c1-15(26)30-14-22(29)25(31-16(2)27)12-9-21-19-6-5-17-13-18(28)7-10-23(17,3)20(19)8-11-24(21,25)4/h8,13,19,21H,5-7,9-12,14H2,1-4H3/t19?,21?,23?,24?,25-/m0/s1. The van der Waals surface area contributed by atoms with Gasteiger partial charge in [-0.3, -0.25) is 19.2 Å². The maximum absolute atomic E-state index is 13.3. The normalized spacial score (nSPS) is 38.8. The lowest BCUT2D eigenvalue weighted by Crippen LogP contribution is -2.57. The summed E-state index contributed by atoms with van der Waals surface area (Å²) in [5, 5.41) is 0. The summed E-state index contributed by atoms with van der Waals surface area (Å²) in [4.78, 5) is 48.7. The quantitative estimate of drug-likeness (QED) is 0.499. The van der Waals surface area contributed by atoms with Crippen molar-refractivity contribution in [1.82, 2.24) is 0 Å². The molecule has 4 aliphatic carbocycles. The van der Waals surface area contributed by atoms with Crippen molar-refractivity contribution >= 4 is 23.5 Å². The number of ketones is 2. The van der Waals surface area contributed by atoms with Gasteiger partial charge in [-0.05, 0) is 56.4 Å². The maximum Gasteiger partial charge on any atom is 0.303 e. The molecular weight excluding hydrogens is 396 g/mol. The first-order valence-corrected chi connectivity index (χ1v) is 11.3. The van der Waals surface area contributed by atoms with Crippen LogP contribution in [0.25, 0.3) is 0 Å². The lowest BCUT2D eigenvalue weighted by Gasteiger charge is -2.55. The minimum Gasteiger partial charge on any atom is -0.458 e. The Kier molecular flexibility index (Phi) is 5.26. The smallest absolute Gasteiger partial charge is 0.303 e. The Bertz CT molecular complexity index is 913. The molecule has 4 unspecified atom stereocenters. The molecule has 2 saturated carbocycles. The number of carbonyl (C=O) groups is 4. The van der Waals surface area contributed by atoms with E-state index < -0.39 is 23.0 Å². The highest BCUT2D eigenvalue weighted by molar-refractivity contribution is 5.93. The highest BCUT2D eigenvalue weighted by atomic mass is 16.6. The SMILES string of the molecule is CC(=O)OCC(=O)[C@@]1(OC(C)=O)CCC2C3CCC4=CC(=O)CCC4(C)C3=CCC21C. The van der Waals surface area contributed by atoms with Gasteiger partial charge in [-0.2, -0.15) is 0 Å². The van der Waals surface area contributed by atoms with E-state index in [1.54, 1.807) is 0 Å². The molecule has 0 aromatic heterocycles. The van der Waals surface area contributed by atoms with E-state index in [0.29, 0.717) is 25.2 Å². The van der Waals surface area contributed by atoms with Gasteiger partial charge in [0.15, 0.2) is 18.0 Å². The number of esters is 2. The van der Waals surface area contributed by atoms with Gasteiger partial charge in [0.2, 0.25) is 5.78 Å². The van der Waals surface area contributed by atoms with Crippen molar-refractivity contribution in [2.24, 2.45) is 22.7 Å². The zero-order valence-electron chi connectivity index (χ0n) is 18.9. The van der Waals surface area contributed by atoms with Crippen LogP contribution in [0.15, 0.2) is 23.3 Å². The Balaban J connectivity index is 1.73. The van der Waals surface area contributed by atoms with Crippen LogP contribution in [0.3, 0.4) is 0 Å². The molecular formula is C25H32O6. The zero-order chi connectivity index (χ0) is 22.6. The van der Waals surface area contributed by atoms with Crippen LogP contribution < -0.4 is 0 Å². The summed E-state index contributed by atoms with van der Waals surface area (Å²) in [6.07, 6.45) is 9.21. The van der Waals surface area contributed by atoms with E-state index in [2.05, 4.69) is 19.9 Å². The number of hydrogen-bond acceptors (Lipinski definition) is 6. The molecule has 31 heavy (non-hydrogen) atoms. The number of Topliss-reactive ketones (excluding diaryl/α,β-unsaturated/α-hetero) is 1. The first-order chi connectivity index (χ1) is 14.5. The van der Waals surface area contributed by atoms with Crippen LogP contribution in [0, 0.1) is 22.7 Å². The molecule has 0 amide bonds. The van der Waals surface area contributed by atoms with Crippen LogP contribution in [0.2, 0.25) is 0 Å². The van der Waals surface area contributed by atoms with Crippen molar-refractivity contribution in [1.29, 1.82) is 0 Å². The average Bonchev–Trinajstić information content (AvgIpc) is 2.99. The minimum atomic E-state index is -1.28. The van der Waals surface area contributed by atoms with E-state index >= 15 is 0 Å². The third-order valence-electron chi connectivity index (χ3n) is 8.63. The predicted molar refractivity (Wildman–Crippen MR) is 113 cm³/mol. The van der Waals surface area contributed by atoms with Crippen LogP contribution in [0.1, 0.15) is 72.6 Å². The van der Waals surface area contributed by atoms with Crippen LogP contribution in [-0.2, 0) is 28.7 Å². The van der Waals surface area contributed by atoms with Gasteiger partial charge >= 0.3 is 11.9 Å². The first kappa shape index (κ1) is 22.0. The molecule has 0 spiro atoms. The number of rotatable bonds is 4. The molecule has 0 aromatic rings. The average molecular weight is 429 g/mol. The molecule has 0 aliphatic heterocycles. The van der Waals surface area contributed by atoms with Crippen LogP contribution in [0.4, 0.5) is 0 Å². The lowest BCUT2D eigenvalue weighted by atomic mass is 9.50. The number of ether oxygens (including phenoxy) is 2. The molecule has 4 rings (SSSR count). The second-order valence-electron chi connectivity index (χ2n) is 10.2. The van der Waals surface area contributed by atoms with Gasteiger partial charge in [0.05, 0.1) is 0 Å². The van der Waals surface area contributed by atoms with Gasteiger partial charge in [-0.1, -0.05) is 31.1 Å². The van der Waals surface area contributed by atoms with E-state index in [1.807, 2.05) is 6.08 Å². The summed E-state index contributed by atoms with van der Waals surface area (Å²) in [7, 11) is 0. The largest absolute Gasteiger partial charge is 0.458 e. The van der Waals surface area contributed by atoms with E-state index in [1.165, 1.54) is 25.0 Å². The lowest BCUT2D eigenvalue weighted by molar-refractivity contribution is -0.184. The summed E-state index contributed by atoms with van der Waals surface area (Å²) in [5.41, 5.74) is 0.718. The molecule has 5 atom stereocenters. The number of allylic oxidation sites excluding steroid dienone is 4. The summed E-state index contributed by atoms with van der Waals surface area (Å²) >= 11 is 0. The molecule has 0 saturated heterocycles. The van der Waals surface area contributed by atoms with Crippen LogP contribution in [-0.4, -0.2) is 35.7 Å². The summed E-state index contributed by atoms with van der Waals surface area (Å²) in [5.74, 6) is -0.622. The van der Waals surface area contributed by atoms with Crippen LogP contribution in [0.5, 0.6) is 0 Å². The monoisotopic (exact) mass is 428 g/mol. The molecule has 0 N–H and O–H groups in total. The fraction of sp³-hybridized carbons (Fsp3) is 0.680. The topological polar surface area (TPSA) is 86.7 Å². The van der Waals surface area contributed by atoms with E-state index in [9.17, 15) is 19.2 Å². The van der Waals surface area contributed by atoms with Crippen molar-refractivity contribution in [2.75, 3.05) is 6.61 Å². The number of hydrogen-bond donors (Lipinski definition) is 0. The summed E-state index contributed by atoms with van der Waals surface area (Å²) in [6.45, 7) is 6.54. The van der Waals surface area contributed by atoms with E-state index in [-0.39, 0.29) is 29.5 Å². The van der Waals surface area contributed by atoms with Gasteiger partial charge in [0.25, 0.3) is 0 Å². The highest BCUT2D eigenvalue weighted by Gasteiger charge is 2.67. The number of carbonyl (C=O) groups excluding carboxylic acids is 4. The summed E-state index contributed by atoms with van der Waals surface area (Å²) < 4.78 is 10.8. The van der Waals surface area contributed by atoms with Gasteiger partial charge in [0, 0.05) is 31.1 Å². The van der Waals surface area contributed by atoms with Gasteiger partial charge < -0.3 is 9.47 Å². The third-order valence-corrected chi connectivity index (χ3v) is 8.63. The van der Waals surface area contributed by atoms with Crippen molar-refractivity contribution < 1.29 is 28.7 Å². The molecule has 6 nitrogen and oxygen atoms in total. The van der Waals surface area contributed by atoms with Crippen molar-refractivity contribution in [2.45, 2.75) is 78.2 Å². The predicted octanol–water partition coefficient (Wildman–Crippen LogP) is 3.87. The van der Waals surface area contributed by atoms with Crippen molar-refractivity contribution in [3.8, 4) is 0 Å². The Morgan fingerprint density at radius 3 is 2.48 bits per heavy atom. The van der Waals surface area contributed by atoms with Crippen molar-refractivity contribution in [3.05, 3.63) is 23.3 Å². The maximum atomic E-state index is 13.3. The van der Waals surface area contributed by atoms with Crippen molar-refractivity contribution in [3.63, 3.8) is 0 Å². The van der Waals surface area contributed by atoms with Gasteiger partial charge in [-0.25, -0.2) is 0 Å². The fourth-order valence-electron chi connectivity index (χ4n) is 7.06. The van der Waals surface area contributed by atoms with Crippen LogP contribution >= 0.6 is 0 Å². The Hall–Kier alpha value is -2.24. The fourth-order valence-corrected chi connectivity index (χ4v) is 7.06. The molecule has 0 radical (unpaired) electrons. The molecule has 168 valence electrons. The molecule has 0 aromatic carbocycles. The highest BCUT2D eigenvalue weighted by Crippen LogP contribution is 2.66. The Morgan fingerprint density at radius 1 is 1.06 bits per heavy atom. The molecule has 2 fully saturated rings. The van der Waals surface area contributed by atoms with Gasteiger partial charge in [0.1, 0.15) is 0 Å². The Morgan fingerprint density at radius 2 is 1.81 bits per heavy atom. The molecule has 0 heterocycles. The zero-order valence-corrected chi connectivity index (χ0v) is 18.9. The third kappa shape index (κ3) is 3.21. The second-order valence-corrected chi connectivity index (χ2v) is 10.2. The minimum absolute atomic E-state index is 0.0907. The molecule has 0 bridgehead atoms. The van der Waals surface area contributed by atoms with Gasteiger partial charge in [-0.15, -0.1) is 0 Å². The molecule has 6 heteroatoms. The molecule has 4 aliphatic rings. The van der Waals surface area contributed by atoms with E-state index in [0.717, 1.165) is 25.7 Å². The Labute approximate surface area is 183 Å². The first-order valence-electron chi connectivity index (χ1n) is 11.3. The number of fused-ring (bicyclic) bond motifs is 5. The van der Waals surface area contributed by atoms with E-state index in [4.69, 9.17) is 9.47 Å².